The van der Waals surface area contributed by atoms with Gasteiger partial charge in [0.2, 0.25) is 0 Å². The molecule has 0 aliphatic heterocycles. The Kier molecular flexibility index (Phi) is 4.88. The number of rotatable bonds is 6. The molecular weight excluding hydrogens is 224 g/mol. The molecule has 0 amide bonds. The van der Waals surface area contributed by atoms with Gasteiger partial charge in [-0.25, -0.2) is 0 Å². The van der Waals surface area contributed by atoms with Crippen molar-refractivity contribution in [1.29, 1.82) is 0 Å². The number of para-hydroxylation sites is 2. The summed E-state index contributed by atoms with van der Waals surface area (Å²) in [7, 11) is 0. The van der Waals surface area contributed by atoms with Gasteiger partial charge >= 0.3 is 0 Å². The lowest BCUT2D eigenvalue weighted by Crippen LogP contribution is -1.96. The van der Waals surface area contributed by atoms with Crippen LogP contribution in [0.25, 0.3) is 0 Å². The van der Waals surface area contributed by atoms with Gasteiger partial charge < -0.3 is 9.47 Å². The van der Waals surface area contributed by atoms with Gasteiger partial charge in [0.15, 0.2) is 0 Å². The highest BCUT2D eigenvalue weighted by atomic mass is 16.5. The SMILES string of the molecule is C(=C/COc1ccccc1)/COc1ccccc1. The summed E-state index contributed by atoms with van der Waals surface area (Å²) < 4.78 is 11.0. The van der Waals surface area contributed by atoms with E-state index in [0.29, 0.717) is 13.2 Å². The maximum Gasteiger partial charge on any atom is 0.119 e. The summed E-state index contributed by atoms with van der Waals surface area (Å²) in [4.78, 5) is 0. The van der Waals surface area contributed by atoms with Gasteiger partial charge in [0.1, 0.15) is 24.7 Å². The fourth-order valence-electron chi connectivity index (χ4n) is 1.46. The molecule has 0 saturated heterocycles. The second kappa shape index (κ2) is 7.17. The molecule has 0 radical (unpaired) electrons. The Morgan fingerprint density at radius 3 is 1.39 bits per heavy atom. The van der Waals surface area contributed by atoms with E-state index >= 15 is 0 Å². The minimum atomic E-state index is 0.558. The number of hydrogen-bond donors (Lipinski definition) is 0. The van der Waals surface area contributed by atoms with E-state index in [-0.39, 0.29) is 0 Å². The Labute approximate surface area is 107 Å². The van der Waals surface area contributed by atoms with E-state index in [4.69, 9.17) is 9.47 Å². The van der Waals surface area contributed by atoms with Crippen molar-refractivity contribution in [3.8, 4) is 11.5 Å². The van der Waals surface area contributed by atoms with Gasteiger partial charge in [-0.3, -0.25) is 0 Å². The molecule has 92 valence electrons. The molecule has 0 heterocycles. The van der Waals surface area contributed by atoms with Crippen LogP contribution in [0.4, 0.5) is 0 Å². The highest BCUT2D eigenvalue weighted by Crippen LogP contribution is 2.09. The van der Waals surface area contributed by atoms with Crippen molar-refractivity contribution in [3.63, 3.8) is 0 Å². The normalized spacial score (nSPS) is 10.4. The first kappa shape index (κ1) is 12.2. The van der Waals surface area contributed by atoms with Gasteiger partial charge in [-0.1, -0.05) is 36.4 Å². The molecule has 0 unspecified atom stereocenters. The van der Waals surface area contributed by atoms with E-state index < -0.39 is 0 Å². The summed E-state index contributed by atoms with van der Waals surface area (Å²) >= 11 is 0. The predicted octanol–water partition coefficient (Wildman–Crippen LogP) is 3.70. The third-order valence-electron chi connectivity index (χ3n) is 2.35. The largest absolute Gasteiger partial charge is 0.490 e. The van der Waals surface area contributed by atoms with Gasteiger partial charge in [0.25, 0.3) is 0 Å². The molecule has 18 heavy (non-hydrogen) atoms. The lowest BCUT2D eigenvalue weighted by molar-refractivity contribution is 0.350. The van der Waals surface area contributed by atoms with E-state index in [1.165, 1.54) is 0 Å². The van der Waals surface area contributed by atoms with Crippen molar-refractivity contribution in [1.82, 2.24) is 0 Å². The van der Waals surface area contributed by atoms with Crippen molar-refractivity contribution in [2.24, 2.45) is 0 Å². The molecule has 0 atom stereocenters. The Balaban J connectivity index is 1.64. The van der Waals surface area contributed by atoms with Crippen molar-refractivity contribution < 1.29 is 9.47 Å². The van der Waals surface area contributed by atoms with Crippen LogP contribution in [-0.2, 0) is 0 Å². The van der Waals surface area contributed by atoms with Crippen molar-refractivity contribution in [3.05, 3.63) is 72.8 Å². The summed E-state index contributed by atoms with van der Waals surface area (Å²) in [5.41, 5.74) is 0. The second-order valence-corrected chi connectivity index (χ2v) is 3.72. The van der Waals surface area contributed by atoms with Gasteiger partial charge in [0, 0.05) is 0 Å². The summed E-state index contributed by atoms with van der Waals surface area (Å²) in [6.07, 6.45) is 3.91. The van der Waals surface area contributed by atoms with E-state index in [2.05, 4.69) is 0 Å². The van der Waals surface area contributed by atoms with Crippen LogP contribution in [0.5, 0.6) is 11.5 Å². The summed E-state index contributed by atoms with van der Waals surface area (Å²) in [5.74, 6) is 1.76. The zero-order valence-corrected chi connectivity index (χ0v) is 10.2. The molecule has 2 aromatic carbocycles. The summed E-state index contributed by atoms with van der Waals surface area (Å²) in [6, 6.07) is 19.5. The molecule has 0 aliphatic carbocycles. The maximum atomic E-state index is 5.52. The molecule has 2 rings (SSSR count). The van der Waals surface area contributed by atoms with Crippen LogP contribution in [0.3, 0.4) is 0 Å². The Morgan fingerprint density at radius 1 is 0.611 bits per heavy atom. The van der Waals surface area contributed by atoms with Crippen LogP contribution < -0.4 is 9.47 Å². The molecule has 2 nitrogen and oxygen atoms in total. The van der Waals surface area contributed by atoms with Crippen LogP contribution >= 0.6 is 0 Å². The fourth-order valence-corrected chi connectivity index (χ4v) is 1.46. The van der Waals surface area contributed by atoms with Gasteiger partial charge in [-0.05, 0) is 36.4 Å². The quantitative estimate of drug-likeness (QED) is 0.717. The molecule has 2 aromatic rings. The van der Waals surface area contributed by atoms with Crippen LogP contribution in [0.1, 0.15) is 0 Å². The van der Waals surface area contributed by atoms with E-state index in [1.54, 1.807) is 0 Å². The zero-order chi connectivity index (χ0) is 12.5. The van der Waals surface area contributed by atoms with Crippen molar-refractivity contribution in [2.75, 3.05) is 13.2 Å². The molecule has 0 bridgehead atoms. The Bertz CT molecular complexity index is 417. The van der Waals surface area contributed by atoms with Crippen molar-refractivity contribution >= 4 is 0 Å². The molecule has 0 N–H and O–H groups in total. The highest BCUT2D eigenvalue weighted by Gasteiger charge is 1.89. The molecule has 0 aromatic heterocycles. The first-order valence-corrected chi connectivity index (χ1v) is 5.96. The van der Waals surface area contributed by atoms with E-state index in [9.17, 15) is 0 Å². The van der Waals surface area contributed by atoms with Crippen LogP contribution in [0.15, 0.2) is 72.8 Å². The highest BCUT2D eigenvalue weighted by molar-refractivity contribution is 5.22. The average Bonchev–Trinajstić information content (AvgIpc) is 2.45. The number of benzene rings is 2. The van der Waals surface area contributed by atoms with Gasteiger partial charge in [-0.2, -0.15) is 0 Å². The Morgan fingerprint density at radius 2 is 1.00 bits per heavy atom. The lowest BCUT2D eigenvalue weighted by Gasteiger charge is -2.03. The van der Waals surface area contributed by atoms with E-state index in [1.807, 2.05) is 72.8 Å². The molecule has 0 spiro atoms. The standard InChI is InChI=1S/C16H16O2/c1-3-9-15(10-4-1)17-13-7-8-14-18-16-11-5-2-6-12-16/h1-12H,13-14H2/b8-7-. The van der Waals surface area contributed by atoms with Crippen molar-refractivity contribution in [2.45, 2.75) is 0 Å². The molecule has 0 saturated carbocycles. The van der Waals surface area contributed by atoms with Gasteiger partial charge in [-0.15, -0.1) is 0 Å². The topological polar surface area (TPSA) is 18.5 Å². The van der Waals surface area contributed by atoms with Crippen LogP contribution in [0, 0.1) is 0 Å². The summed E-state index contributed by atoms with van der Waals surface area (Å²) in [5, 5.41) is 0. The first-order valence-electron chi connectivity index (χ1n) is 5.96. The second-order valence-electron chi connectivity index (χ2n) is 3.72. The minimum Gasteiger partial charge on any atom is -0.490 e. The van der Waals surface area contributed by atoms with Crippen LogP contribution in [0.2, 0.25) is 0 Å². The predicted molar refractivity (Wildman–Crippen MR) is 73.0 cm³/mol. The minimum absolute atomic E-state index is 0.558. The number of ether oxygens (including phenoxy) is 2. The third kappa shape index (κ3) is 4.34. The third-order valence-corrected chi connectivity index (χ3v) is 2.35. The Hall–Kier alpha value is -2.22. The zero-order valence-electron chi connectivity index (χ0n) is 10.2. The molecule has 0 fully saturated rings. The lowest BCUT2D eigenvalue weighted by atomic mass is 10.3. The molecule has 0 aliphatic rings. The first-order chi connectivity index (χ1) is 8.95. The van der Waals surface area contributed by atoms with Gasteiger partial charge in [0.05, 0.1) is 0 Å². The summed E-state index contributed by atoms with van der Waals surface area (Å²) in [6.45, 7) is 1.12. The maximum absolute atomic E-state index is 5.52. The smallest absolute Gasteiger partial charge is 0.119 e. The molecule has 2 heteroatoms. The van der Waals surface area contributed by atoms with Crippen LogP contribution in [-0.4, -0.2) is 13.2 Å². The van der Waals surface area contributed by atoms with E-state index in [0.717, 1.165) is 11.5 Å². The number of hydrogen-bond acceptors (Lipinski definition) is 2. The fraction of sp³-hybridized carbons (Fsp3) is 0.125. The molecular formula is C16H16O2. The monoisotopic (exact) mass is 240 g/mol. The average molecular weight is 240 g/mol.